The van der Waals surface area contributed by atoms with E-state index < -0.39 is 10.0 Å². The highest BCUT2D eigenvalue weighted by Crippen LogP contribution is 2.27. The van der Waals surface area contributed by atoms with E-state index in [-0.39, 0.29) is 19.0 Å². The van der Waals surface area contributed by atoms with E-state index in [4.69, 9.17) is 0 Å². The normalized spacial score (nSPS) is 17.0. The highest BCUT2D eigenvalue weighted by Gasteiger charge is 2.31. The minimum Gasteiger partial charge on any atom is -0.336 e. The second-order valence-electron chi connectivity index (χ2n) is 7.79. The lowest BCUT2D eigenvalue weighted by atomic mass is 10.1. The molecule has 1 fully saturated rings. The molecule has 0 N–H and O–H groups in total. The van der Waals surface area contributed by atoms with Gasteiger partial charge >= 0.3 is 0 Å². The smallest absolute Gasteiger partial charge is 0.254 e. The van der Waals surface area contributed by atoms with Crippen LogP contribution in [0.2, 0.25) is 0 Å². The number of carbonyl (C=O) groups excluding carboxylic acids is 1. The van der Waals surface area contributed by atoms with Crippen LogP contribution in [0.3, 0.4) is 0 Å². The lowest BCUT2D eigenvalue weighted by Gasteiger charge is -2.34. The van der Waals surface area contributed by atoms with Crippen LogP contribution in [-0.2, 0) is 22.9 Å². The first-order valence-corrected chi connectivity index (χ1v) is 11.7. The van der Waals surface area contributed by atoms with Crippen molar-refractivity contribution in [1.29, 1.82) is 0 Å². The van der Waals surface area contributed by atoms with Gasteiger partial charge in [0, 0.05) is 31.7 Å². The van der Waals surface area contributed by atoms with Crippen LogP contribution in [-0.4, -0.2) is 69.9 Å². The average Bonchev–Trinajstić information content (AvgIpc) is 3.50. The number of benzene rings is 2. The molecule has 10 heteroatoms. The zero-order valence-electron chi connectivity index (χ0n) is 16.9. The maximum atomic E-state index is 13.1. The van der Waals surface area contributed by atoms with Crippen LogP contribution in [0.15, 0.2) is 53.7 Å². The molecule has 2 aromatic carbocycles. The largest absolute Gasteiger partial charge is 0.336 e. The second kappa shape index (κ2) is 7.86. The summed E-state index contributed by atoms with van der Waals surface area (Å²) < 4.78 is 29.2. The number of nitrogens with zero attached hydrogens (tertiary/aromatic N) is 6. The molecule has 0 bridgehead atoms. The van der Waals surface area contributed by atoms with E-state index in [2.05, 4.69) is 15.5 Å². The van der Waals surface area contributed by atoms with Crippen LogP contribution in [0, 0.1) is 0 Å². The predicted octanol–water partition coefficient (Wildman–Crippen LogP) is 1.30. The third kappa shape index (κ3) is 3.72. The van der Waals surface area contributed by atoms with Gasteiger partial charge in [0.1, 0.15) is 6.33 Å². The quantitative estimate of drug-likeness (QED) is 0.609. The van der Waals surface area contributed by atoms with E-state index >= 15 is 0 Å². The zero-order valence-corrected chi connectivity index (χ0v) is 17.7. The van der Waals surface area contributed by atoms with Gasteiger partial charge in [0.25, 0.3) is 5.91 Å². The lowest BCUT2D eigenvalue weighted by Crippen LogP contribution is -2.50. The van der Waals surface area contributed by atoms with E-state index in [0.717, 1.165) is 24.8 Å². The van der Waals surface area contributed by atoms with Gasteiger partial charge < -0.3 is 4.90 Å². The molecule has 1 aliphatic heterocycles. The first-order valence-electron chi connectivity index (χ1n) is 10.3. The Labute approximate surface area is 180 Å². The van der Waals surface area contributed by atoms with Crippen LogP contribution in [0.1, 0.15) is 27.9 Å². The Hall–Kier alpha value is -3.11. The molecule has 160 valence electrons. The highest BCUT2D eigenvalue weighted by atomic mass is 32.2. The molecule has 0 atom stereocenters. The maximum Gasteiger partial charge on any atom is 0.254 e. The summed E-state index contributed by atoms with van der Waals surface area (Å²) in [5, 5.41) is 11.1. The monoisotopic (exact) mass is 438 g/mol. The number of amides is 1. The molecule has 0 spiro atoms. The summed E-state index contributed by atoms with van der Waals surface area (Å²) in [6.07, 6.45) is 4.50. The lowest BCUT2D eigenvalue weighted by molar-refractivity contribution is 0.0698. The summed E-state index contributed by atoms with van der Waals surface area (Å²) in [4.78, 5) is 15.0. The Kier molecular flexibility index (Phi) is 5.03. The molecule has 2 heterocycles. The van der Waals surface area contributed by atoms with Gasteiger partial charge in [0.05, 0.1) is 10.6 Å². The van der Waals surface area contributed by atoms with Gasteiger partial charge in [-0.2, -0.15) is 4.31 Å². The van der Waals surface area contributed by atoms with Crippen molar-refractivity contribution in [1.82, 2.24) is 29.4 Å². The topological polar surface area (TPSA) is 101 Å². The van der Waals surface area contributed by atoms with Gasteiger partial charge in [0.2, 0.25) is 10.0 Å². The number of rotatable bonds is 4. The fourth-order valence-electron chi connectivity index (χ4n) is 4.23. The van der Waals surface area contributed by atoms with E-state index in [1.807, 2.05) is 18.2 Å². The Balaban J connectivity index is 1.28. The highest BCUT2D eigenvalue weighted by molar-refractivity contribution is 7.89. The van der Waals surface area contributed by atoms with Crippen LogP contribution >= 0.6 is 0 Å². The van der Waals surface area contributed by atoms with Crippen LogP contribution in [0.25, 0.3) is 5.69 Å². The summed E-state index contributed by atoms with van der Waals surface area (Å²) in [6.45, 7) is 1.24. The van der Waals surface area contributed by atoms with Crippen LogP contribution < -0.4 is 0 Å². The SMILES string of the molecule is O=C(c1cccc(-n2cnnn2)c1)N1CCN(S(=O)(=O)c2ccc3c(c2)CCC3)CC1. The van der Waals surface area contributed by atoms with Crippen LogP contribution in [0.4, 0.5) is 0 Å². The molecule has 31 heavy (non-hydrogen) atoms. The average molecular weight is 439 g/mol. The number of sulfonamides is 1. The van der Waals surface area contributed by atoms with Gasteiger partial charge in [0.15, 0.2) is 0 Å². The minimum atomic E-state index is -3.56. The zero-order chi connectivity index (χ0) is 21.4. The molecule has 1 amide bonds. The molecule has 1 aliphatic carbocycles. The molecule has 1 aromatic heterocycles. The molecule has 5 rings (SSSR count). The fourth-order valence-corrected chi connectivity index (χ4v) is 5.71. The summed E-state index contributed by atoms with van der Waals surface area (Å²) >= 11 is 0. The number of hydrogen-bond donors (Lipinski definition) is 0. The van der Waals surface area contributed by atoms with Crippen molar-refractivity contribution in [3.05, 3.63) is 65.5 Å². The molecular formula is C21H22N6O3S. The molecule has 0 radical (unpaired) electrons. The molecule has 0 unspecified atom stereocenters. The van der Waals surface area contributed by atoms with E-state index in [1.165, 1.54) is 20.9 Å². The van der Waals surface area contributed by atoms with Crippen molar-refractivity contribution < 1.29 is 13.2 Å². The third-order valence-corrected chi connectivity index (χ3v) is 7.83. The number of carbonyl (C=O) groups is 1. The molecule has 2 aliphatic rings. The first kappa shape index (κ1) is 19.8. The number of hydrogen-bond acceptors (Lipinski definition) is 6. The van der Waals surface area contributed by atoms with E-state index in [9.17, 15) is 13.2 Å². The Morgan fingerprint density at radius 1 is 0.935 bits per heavy atom. The summed E-state index contributed by atoms with van der Waals surface area (Å²) in [6, 6.07) is 12.5. The van der Waals surface area contributed by atoms with Gasteiger partial charge in [-0.05, 0) is 71.1 Å². The Morgan fingerprint density at radius 3 is 2.52 bits per heavy atom. The van der Waals surface area contributed by atoms with E-state index in [1.54, 1.807) is 29.2 Å². The van der Waals surface area contributed by atoms with Gasteiger partial charge in [-0.25, -0.2) is 13.1 Å². The second-order valence-corrected chi connectivity index (χ2v) is 9.72. The van der Waals surface area contributed by atoms with Crippen molar-refractivity contribution in [2.45, 2.75) is 24.2 Å². The number of piperazine rings is 1. The van der Waals surface area contributed by atoms with Crippen LogP contribution in [0.5, 0.6) is 0 Å². The molecular weight excluding hydrogens is 416 g/mol. The number of aromatic nitrogens is 4. The standard InChI is InChI=1S/C21H22N6O3S/c28-21(18-5-2-6-19(13-18)27-15-22-23-24-27)25-9-11-26(12-10-25)31(29,30)20-8-7-16-3-1-4-17(16)14-20/h2,5-8,13-15H,1,3-4,9-12H2. The Morgan fingerprint density at radius 2 is 1.74 bits per heavy atom. The number of aryl methyl sites for hydroxylation is 2. The summed E-state index contributed by atoms with van der Waals surface area (Å²) in [7, 11) is -3.56. The minimum absolute atomic E-state index is 0.135. The molecule has 3 aromatic rings. The maximum absolute atomic E-state index is 13.1. The van der Waals surface area contributed by atoms with Crippen molar-refractivity contribution in [2.24, 2.45) is 0 Å². The Bertz CT molecular complexity index is 1220. The molecule has 0 saturated carbocycles. The van der Waals surface area contributed by atoms with Gasteiger partial charge in [-0.15, -0.1) is 5.10 Å². The van der Waals surface area contributed by atoms with Crippen molar-refractivity contribution in [3.8, 4) is 5.69 Å². The summed E-state index contributed by atoms with van der Waals surface area (Å²) in [5.41, 5.74) is 3.59. The van der Waals surface area contributed by atoms with Crippen molar-refractivity contribution >= 4 is 15.9 Å². The van der Waals surface area contributed by atoms with Gasteiger partial charge in [-0.1, -0.05) is 12.1 Å². The number of fused-ring (bicyclic) bond motifs is 1. The summed E-state index contributed by atoms with van der Waals surface area (Å²) in [5.74, 6) is -0.135. The molecule has 1 saturated heterocycles. The van der Waals surface area contributed by atoms with Gasteiger partial charge in [-0.3, -0.25) is 4.79 Å². The van der Waals surface area contributed by atoms with E-state index in [0.29, 0.717) is 29.2 Å². The first-order chi connectivity index (χ1) is 15.0. The fraction of sp³-hybridized carbons (Fsp3) is 0.333. The third-order valence-electron chi connectivity index (χ3n) is 5.94. The number of tetrazole rings is 1. The predicted molar refractivity (Wildman–Crippen MR) is 112 cm³/mol. The van der Waals surface area contributed by atoms with Crippen molar-refractivity contribution in [2.75, 3.05) is 26.2 Å². The molecule has 9 nitrogen and oxygen atoms in total. The van der Waals surface area contributed by atoms with Crippen molar-refractivity contribution in [3.63, 3.8) is 0 Å².